The number of benzene rings is 1. The molecule has 8 heteroatoms. The van der Waals surface area contributed by atoms with Gasteiger partial charge in [-0.3, -0.25) is 10.6 Å². The third kappa shape index (κ3) is 1.60. The minimum absolute atomic E-state index is 0.0315. The Balaban J connectivity index is 2.84. The summed E-state index contributed by atoms with van der Waals surface area (Å²) >= 11 is 0. The zero-order chi connectivity index (χ0) is 12.6. The van der Waals surface area contributed by atoms with Gasteiger partial charge in [-0.1, -0.05) is 0 Å². The van der Waals surface area contributed by atoms with Crippen LogP contribution in [-0.2, 0) is 0 Å². The molecule has 0 atom stereocenters. The highest BCUT2D eigenvalue weighted by atomic mass is 19.1. The first kappa shape index (κ1) is 11.0. The van der Waals surface area contributed by atoms with E-state index >= 15 is 0 Å². The van der Waals surface area contributed by atoms with Crippen molar-refractivity contribution in [3.8, 4) is 0 Å². The normalized spacial score (nSPS) is 10.5. The van der Waals surface area contributed by atoms with Crippen LogP contribution in [0.15, 0.2) is 18.3 Å². The zero-order valence-corrected chi connectivity index (χ0v) is 8.44. The summed E-state index contributed by atoms with van der Waals surface area (Å²) in [6.07, 6.45) is 1.12. The molecule has 0 radical (unpaired) electrons. The van der Waals surface area contributed by atoms with Crippen molar-refractivity contribution in [3.63, 3.8) is 0 Å². The van der Waals surface area contributed by atoms with Gasteiger partial charge in [0.1, 0.15) is 11.7 Å². The number of nitrogens with one attached hydrogen (secondary N) is 2. The first-order valence-electron chi connectivity index (χ1n) is 4.51. The largest absolute Gasteiger partial charge is 0.384 e. The van der Waals surface area contributed by atoms with Crippen LogP contribution in [0, 0.1) is 11.2 Å². The third-order valence-corrected chi connectivity index (χ3v) is 2.26. The van der Waals surface area contributed by atoms with E-state index in [0.717, 1.165) is 16.9 Å². The highest BCUT2D eigenvalue weighted by Crippen LogP contribution is 2.21. The summed E-state index contributed by atoms with van der Waals surface area (Å²) in [4.78, 5) is 11.3. The fourth-order valence-electron chi connectivity index (χ4n) is 1.53. The Bertz CT molecular complexity index is 621. The first-order chi connectivity index (χ1) is 8.06. The minimum Gasteiger partial charge on any atom is -0.384 e. The lowest BCUT2D eigenvalue weighted by Crippen LogP contribution is -2.27. The molecule has 0 aliphatic rings. The molecule has 0 spiro atoms. The molecule has 0 saturated carbocycles. The van der Waals surface area contributed by atoms with Crippen molar-refractivity contribution in [3.05, 3.63) is 29.7 Å². The van der Waals surface area contributed by atoms with Gasteiger partial charge in [-0.05, 0) is 12.1 Å². The van der Waals surface area contributed by atoms with Crippen molar-refractivity contribution in [2.75, 3.05) is 0 Å². The van der Waals surface area contributed by atoms with Gasteiger partial charge in [0, 0.05) is 5.56 Å². The maximum atomic E-state index is 13.5. The van der Waals surface area contributed by atoms with Gasteiger partial charge in [0.05, 0.1) is 17.1 Å². The molecule has 5 N–H and O–H groups in total. The Morgan fingerprint density at radius 2 is 2.29 bits per heavy atom. The number of fused-ring (bicyclic) bond motifs is 1. The molecule has 0 unspecified atom stereocenters. The number of amidine groups is 1. The Kier molecular flexibility index (Phi) is 2.48. The number of halogens is 1. The SMILES string of the molecule is N=C(N)c1ccc(F)c2cnn(C(=O)NO)c12. The minimum atomic E-state index is -0.965. The van der Waals surface area contributed by atoms with E-state index in [4.69, 9.17) is 16.4 Å². The van der Waals surface area contributed by atoms with Gasteiger partial charge in [0.25, 0.3) is 0 Å². The van der Waals surface area contributed by atoms with Crippen LogP contribution in [0.2, 0.25) is 0 Å². The molecule has 17 heavy (non-hydrogen) atoms. The summed E-state index contributed by atoms with van der Waals surface area (Å²) in [5, 5.41) is 19.5. The molecule has 1 heterocycles. The average molecular weight is 237 g/mol. The number of amides is 1. The summed E-state index contributed by atoms with van der Waals surface area (Å²) < 4.78 is 14.2. The molecule has 1 aromatic carbocycles. The van der Waals surface area contributed by atoms with Crippen LogP contribution in [0.3, 0.4) is 0 Å². The summed E-state index contributed by atoms with van der Waals surface area (Å²) in [5.74, 6) is -0.926. The summed E-state index contributed by atoms with van der Waals surface area (Å²) in [7, 11) is 0. The molecule has 0 aliphatic heterocycles. The molecule has 2 aromatic rings. The van der Waals surface area contributed by atoms with Gasteiger partial charge in [-0.2, -0.15) is 9.78 Å². The Morgan fingerprint density at radius 3 is 2.88 bits per heavy atom. The number of rotatable bonds is 1. The van der Waals surface area contributed by atoms with E-state index in [2.05, 4.69) is 5.10 Å². The molecule has 88 valence electrons. The lowest BCUT2D eigenvalue weighted by molar-refractivity contribution is 0.161. The van der Waals surface area contributed by atoms with E-state index in [9.17, 15) is 9.18 Å². The second-order valence-corrected chi connectivity index (χ2v) is 3.24. The fourth-order valence-corrected chi connectivity index (χ4v) is 1.53. The number of carbonyl (C=O) groups excluding carboxylic acids is 1. The molecule has 0 fully saturated rings. The average Bonchev–Trinajstić information content (AvgIpc) is 2.73. The van der Waals surface area contributed by atoms with E-state index < -0.39 is 11.8 Å². The summed E-state index contributed by atoms with van der Waals surface area (Å²) in [6, 6.07) is 1.43. The summed E-state index contributed by atoms with van der Waals surface area (Å²) in [5.41, 5.74) is 6.88. The standard InChI is InChI=1S/C9H8FN5O2/c10-6-2-1-4(8(11)12)7-5(6)3-13-15(7)9(16)14-17/h1-3,17H,(H3,11,12)(H,14,16). The highest BCUT2D eigenvalue weighted by Gasteiger charge is 2.17. The van der Waals surface area contributed by atoms with Gasteiger partial charge < -0.3 is 5.73 Å². The van der Waals surface area contributed by atoms with Gasteiger partial charge in [0.15, 0.2) is 0 Å². The van der Waals surface area contributed by atoms with E-state index in [0.29, 0.717) is 0 Å². The van der Waals surface area contributed by atoms with Crippen LogP contribution in [0.25, 0.3) is 10.9 Å². The monoisotopic (exact) mass is 237 g/mol. The Hall–Kier alpha value is -2.48. The number of hydroxylamine groups is 1. The highest BCUT2D eigenvalue weighted by molar-refractivity contribution is 6.08. The van der Waals surface area contributed by atoms with E-state index in [-0.39, 0.29) is 22.3 Å². The number of hydrogen-bond acceptors (Lipinski definition) is 4. The predicted octanol–water partition coefficient (Wildman–Crippen LogP) is 0.406. The van der Waals surface area contributed by atoms with Crippen molar-refractivity contribution >= 4 is 22.8 Å². The maximum Gasteiger partial charge on any atom is 0.366 e. The Labute approximate surface area is 94.1 Å². The Morgan fingerprint density at radius 1 is 1.59 bits per heavy atom. The molecule has 0 saturated heterocycles. The van der Waals surface area contributed by atoms with Crippen LogP contribution >= 0.6 is 0 Å². The smallest absolute Gasteiger partial charge is 0.366 e. The number of nitrogen functional groups attached to an aromatic ring is 1. The van der Waals surface area contributed by atoms with Crippen molar-refractivity contribution in [2.45, 2.75) is 0 Å². The first-order valence-corrected chi connectivity index (χ1v) is 4.51. The van der Waals surface area contributed by atoms with Crippen molar-refractivity contribution in [1.29, 1.82) is 5.41 Å². The van der Waals surface area contributed by atoms with Crippen molar-refractivity contribution in [1.82, 2.24) is 15.3 Å². The number of carbonyl (C=O) groups is 1. The quantitative estimate of drug-likeness (QED) is 0.248. The molecule has 0 aliphatic carbocycles. The molecule has 2 rings (SSSR count). The number of nitrogens with two attached hydrogens (primary N) is 1. The van der Waals surface area contributed by atoms with Gasteiger partial charge in [0.2, 0.25) is 0 Å². The molecular weight excluding hydrogens is 229 g/mol. The second kappa shape index (κ2) is 3.83. The van der Waals surface area contributed by atoms with Gasteiger partial charge >= 0.3 is 6.03 Å². The summed E-state index contributed by atoms with van der Waals surface area (Å²) in [6.45, 7) is 0. The van der Waals surface area contributed by atoms with Gasteiger partial charge in [-0.15, -0.1) is 0 Å². The zero-order valence-electron chi connectivity index (χ0n) is 8.44. The fraction of sp³-hybridized carbons (Fsp3) is 0. The number of nitrogens with zero attached hydrogens (tertiary/aromatic N) is 2. The molecule has 1 amide bonds. The van der Waals surface area contributed by atoms with Crippen LogP contribution in [0.5, 0.6) is 0 Å². The lowest BCUT2D eigenvalue weighted by Gasteiger charge is -2.05. The second-order valence-electron chi connectivity index (χ2n) is 3.24. The van der Waals surface area contributed by atoms with Crippen LogP contribution in [-0.4, -0.2) is 26.9 Å². The molecule has 0 bridgehead atoms. The van der Waals surface area contributed by atoms with E-state index in [1.807, 2.05) is 0 Å². The molecule has 7 nitrogen and oxygen atoms in total. The maximum absolute atomic E-state index is 13.5. The van der Waals surface area contributed by atoms with E-state index in [1.54, 1.807) is 0 Å². The number of hydrogen-bond donors (Lipinski definition) is 4. The predicted molar refractivity (Wildman–Crippen MR) is 56.4 cm³/mol. The third-order valence-electron chi connectivity index (χ3n) is 2.26. The molecular formula is C9H8FN5O2. The van der Waals surface area contributed by atoms with Gasteiger partial charge in [-0.25, -0.2) is 14.7 Å². The lowest BCUT2D eigenvalue weighted by atomic mass is 10.1. The number of aromatic nitrogens is 2. The van der Waals surface area contributed by atoms with E-state index in [1.165, 1.54) is 11.5 Å². The topological polar surface area (TPSA) is 117 Å². The van der Waals surface area contributed by atoms with Crippen molar-refractivity contribution < 1.29 is 14.4 Å². The van der Waals surface area contributed by atoms with Crippen LogP contribution in [0.4, 0.5) is 9.18 Å². The van der Waals surface area contributed by atoms with Crippen LogP contribution in [0.1, 0.15) is 5.56 Å². The van der Waals surface area contributed by atoms with Crippen molar-refractivity contribution in [2.24, 2.45) is 5.73 Å². The van der Waals surface area contributed by atoms with Crippen LogP contribution < -0.4 is 11.2 Å². The molecule has 1 aromatic heterocycles.